The van der Waals surface area contributed by atoms with Crippen LogP contribution in [0.3, 0.4) is 0 Å². The quantitative estimate of drug-likeness (QED) is 0.558. The molecule has 1 amide bonds. The van der Waals surface area contributed by atoms with Crippen LogP contribution in [0, 0.1) is 0 Å². The van der Waals surface area contributed by atoms with Gasteiger partial charge < -0.3 is 5.32 Å². The summed E-state index contributed by atoms with van der Waals surface area (Å²) in [5.41, 5.74) is 4.11. The van der Waals surface area contributed by atoms with Crippen molar-refractivity contribution < 1.29 is 4.79 Å². The van der Waals surface area contributed by atoms with Gasteiger partial charge in [-0.1, -0.05) is 60.7 Å². The third-order valence-corrected chi connectivity index (χ3v) is 4.87. The minimum Gasteiger partial charge on any atom is -0.345 e. The Labute approximate surface area is 164 Å². The van der Waals surface area contributed by atoms with Crippen LogP contribution in [0.1, 0.15) is 35.8 Å². The molecule has 1 N–H and O–H groups in total. The number of hydrogen-bond acceptors (Lipinski definition) is 3. The number of pyridine rings is 1. The SMILES string of the molecule is CCn1ncc2c(C(=O)N[C@H](C)c3ccccc3)cc(-c3ccccc3)nc21. The molecule has 0 fully saturated rings. The normalized spacial score (nSPS) is 12.1. The number of rotatable bonds is 5. The molecule has 0 unspecified atom stereocenters. The minimum atomic E-state index is -0.128. The molecule has 5 nitrogen and oxygen atoms in total. The number of benzene rings is 2. The molecular weight excluding hydrogens is 348 g/mol. The molecule has 4 aromatic rings. The highest BCUT2D eigenvalue weighted by molar-refractivity contribution is 6.06. The van der Waals surface area contributed by atoms with Gasteiger partial charge in [0.05, 0.1) is 28.9 Å². The molecule has 4 rings (SSSR count). The smallest absolute Gasteiger partial charge is 0.252 e. The second-order valence-electron chi connectivity index (χ2n) is 6.72. The lowest BCUT2D eigenvalue weighted by molar-refractivity contribution is 0.0941. The van der Waals surface area contributed by atoms with Gasteiger partial charge in [-0.25, -0.2) is 9.67 Å². The van der Waals surface area contributed by atoms with Gasteiger partial charge in [-0.3, -0.25) is 4.79 Å². The Morgan fingerprint density at radius 2 is 1.75 bits per heavy atom. The first-order valence-corrected chi connectivity index (χ1v) is 9.45. The Morgan fingerprint density at radius 1 is 1.07 bits per heavy atom. The van der Waals surface area contributed by atoms with Crippen LogP contribution in [0.4, 0.5) is 0 Å². The molecule has 0 saturated heterocycles. The van der Waals surface area contributed by atoms with E-state index in [0.717, 1.165) is 27.9 Å². The molecule has 5 heteroatoms. The van der Waals surface area contributed by atoms with Crippen LogP contribution in [-0.2, 0) is 6.54 Å². The maximum Gasteiger partial charge on any atom is 0.252 e. The fourth-order valence-corrected chi connectivity index (χ4v) is 3.32. The minimum absolute atomic E-state index is 0.0988. The fourth-order valence-electron chi connectivity index (χ4n) is 3.32. The molecule has 28 heavy (non-hydrogen) atoms. The topological polar surface area (TPSA) is 59.8 Å². The van der Waals surface area contributed by atoms with Gasteiger partial charge in [0, 0.05) is 12.1 Å². The zero-order valence-corrected chi connectivity index (χ0v) is 16.0. The molecular formula is C23H22N4O. The van der Waals surface area contributed by atoms with Crippen LogP contribution in [0.25, 0.3) is 22.3 Å². The zero-order valence-electron chi connectivity index (χ0n) is 16.0. The predicted molar refractivity (Wildman–Crippen MR) is 111 cm³/mol. The number of carbonyl (C=O) groups is 1. The molecule has 0 bridgehead atoms. The Hall–Kier alpha value is -3.47. The maximum atomic E-state index is 13.1. The molecule has 0 aliphatic carbocycles. The summed E-state index contributed by atoms with van der Waals surface area (Å²) in [5, 5.41) is 8.27. The lowest BCUT2D eigenvalue weighted by Gasteiger charge is -2.15. The second kappa shape index (κ2) is 7.64. The number of aromatic nitrogens is 3. The van der Waals surface area contributed by atoms with Crippen molar-refractivity contribution in [3.63, 3.8) is 0 Å². The van der Waals surface area contributed by atoms with E-state index in [-0.39, 0.29) is 11.9 Å². The van der Waals surface area contributed by atoms with E-state index in [4.69, 9.17) is 4.98 Å². The molecule has 2 aromatic heterocycles. The van der Waals surface area contributed by atoms with E-state index in [1.165, 1.54) is 0 Å². The van der Waals surface area contributed by atoms with E-state index in [1.54, 1.807) is 6.20 Å². The van der Waals surface area contributed by atoms with Crippen LogP contribution >= 0.6 is 0 Å². The lowest BCUT2D eigenvalue weighted by Crippen LogP contribution is -2.27. The Morgan fingerprint density at radius 3 is 2.43 bits per heavy atom. The summed E-state index contributed by atoms with van der Waals surface area (Å²) in [6.07, 6.45) is 1.72. The molecule has 0 aliphatic heterocycles. The van der Waals surface area contributed by atoms with Crippen molar-refractivity contribution in [2.45, 2.75) is 26.4 Å². The van der Waals surface area contributed by atoms with Gasteiger partial charge >= 0.3 is 0 Å². The monoisotopic (exact) mass is 370 g/mol. The Kier molecular flexibility index (Phi) is 4.89. The van der Waals surface area contributed by atoms with Crippen LogP contribution in [-0.4, -0.2) is 20.7 Å². The zero-order chi connectivity index (χ0) is 19.5. The van der Waals surface area contributed by atoms with E-state index >= 15 is 0 Å². The molecule has 140 valence electrons. The number of nitrogens with one attached hydrogen (secondary N) is 1. The van der Waals surface area contributed by atoms with Crippen molar-refractivity contribution in [1.29, 1.82) is 0 Å². The van der Waals surface area contributed by atoms with Gasteiger partial charge in [0.25, 0.3) is 5.91 Å². The summed E-state index contributed by atoms with van der Waals surface area (Å²) in [5.74, 6) is -0.128. The summed E-state index contributed by atoms with van der Waals surface area (Å²) in [4.78, 5) is 17.9. The highest BCUT2D eigenvalue weighted by Crippen LogP contribution is 2.25. The molecule has 0 radical (unpaired) electrons. The second-order valence-corrected chi connectivity index (χ2v) is 6.72. The fraction of sp³-hybridized carbons (Fsp3) is 0.174. The van der Waals surface area contributed by atoms with E-state index in [0.29, 0.717) is 12.1 Å². The van der Waals surface area contributed by atoms with Crippen LogP contribution < -0.4 is 5.32 Å². The molecule has 0 aliphatic rings. The average Bonchev–Trinajstić information content (AvgIpc) is 3.17. The lowest BCUT2D eigenvalue weighted by atomic mass is 10.0. The molecule has 2 aromatic carbocycles. The number of fused-ring (bicyclic) bond motifs is 1. The number of carbonyl (C=O) groups excluding carboxylic acids is 1. The van der Waals surface area contributed by atoms with Gasteiger partial charge in [-0.05, 0) is 25.5 Å². The number of hydrogen-bond donors (Lipinski definition) is 1. The first-order valence-electron chi connectivity index (χ1n) is 9.45. The van der Waals surface area contributed by atoms with E-state index < -0.39 is 0 Å². The van der Waals surface area contributed by atoms with Gasteiger partial charge in [0.2, 0.25) is 0 Å². The summed E-state index contributed by atoms with van der Waals surface area (Å²) in [6.45, 7) is 4.69. The third kappa shape index (κ3) is 3.39. The summed E-state index contributed by atoms with van der Waals surface area (Å²) < 4.78 is 1.82. The highest BCUT2D eigenvalue weighted by Gasteiger charge is 2.19. The summed E-state index contributed by atoms with van der Waals surface area (Å²) in [6, 6.07) is 21.6. The molecule has 2 heterocycles. The van der Waals surface area contributed by atoms with Crippen molar-refractivity contribution in [3.8, 4) is 11.3 Å². The third-order valence-electron chi connectivity index (χ3n) is 4.87. The molecule has 1 atom stereocenters. The van der Waals surface area contributed by atoms with Crippen molar-refractivity contribution in [1.82, 2.24) is 20.1 Å². The number of amides is 1. The largest absolute Gasteiger partial charge is 0.345 e. The predicted octanol–water partition coefficient (Wildman–Crippen LogP) is 4.61. The van der Waals surface area contributed by atoms with Gasteiger partial charge in [-0.2, -0.15) is 5.10 Å². The Balaban J connectivity index is 1.77. The van der Waals surface area contributed by atoms with Gasteiger partial charge in [-0.15, -0.1) is 0 Å². The Bertz CT molecular complexity index is 1100. The van der Waals surface area contributed by atoms with Gasteiger partial charge in [0.1, 0.15) is 0 Å². The summed E-state index contributed by atoms with van der Waals surface area (Å²) >= 11 is 0. The first kappa shape index (κ1) is 17.9. The number of nitrogens with zero attached hydrogens (tertiary/aromatic N) is 3. The van der Waals surface area contributed by atoms with Crippen molar-refractivity contribution in [3.05, 3.63) is 84.1 Å². The standard InChI is InChI=1S/C23H22N4O/c1-3-27-22-20(15-24-27)19(14-21(26-22)18-12-8-5-9-13-18)23(28)25-16(2)17-10-6-4-7-11-17/h4-16H,3H2,1-2H3,(H,25,28)/t16-/m1/s1. The van der Waals surface area contributed by atoms with Crippen LogP contribution in [0.2, 0.25) is 0 Å². The van der Waals surface area contributed by atoms with E-state index in [1.807, 2.05) is 85.3 Å². The van der Waals surface area contributed by atoms with Crippen molar-refractivity contribution in [2.24, 2.45) is 0 Å². The first-order chi connectivity index (χ1) is 13.7. The van der Waals surface area contributed by atoms with Crippen molar-refractivity contribution >= 4 is 16.9 Å². The van der Waals surface area contributed by atoms with E-state index in [2.05, 4.69) is 10.4 Å². The highest BCUT2D eigenvalue weighted by atomic mass is 16.1. The molecule has 0 spiro atoms. The van der Waals surface area contributed by atoms with Crippen LogP contribution in [0.15, 0.2) is 72.9 Å². The van der Waals surface area contributed by atoms with Crippen LogP contribution in [0.5, 0.6) is 0 Å². The van der Waals surface area contributed by atoms with Gasteiger partial charge in [0.15, 0.2) is 5.65 Å². The van der Waals surface area contributed by atoms with Crippen molar-refractivity contribution in [2.75, 3.05) is 0 Å². The maximum absolute atomic E-state index is 13.1. The number of aryl methyl sites for hydroxylation is 1. The summed E-state index contributed by atoms with van der Waals surface area (Å²) in [7, 11) is 0. The average molecular weight is 370 g/mol. The van der Waals surface area contributed by atoms with E-state index in [9.17, 15) is 4.79 Å². The molecule has 0 saturated carbocycles.